The molecular formula is C13H17BrN4O2. The van der Waals surface area contributed by atoms with E-state index in [1.165, 1.54) is 11.9 Å². The Kier molecular flexibility index (Phi) is 6.17. The molecule has 0 aliphatic heterocycles. The second kappa shape index (κ2) is 7.64. The third-order valence-electron chi connectivity index (χ3n) is 2.79. The lowest BCUT2D eigenvalue weighted by Gasteiger charge is -2.20. The number of amides is 2. The summed E-state index contributed by atoms with van der Waals surface area (Å²) in [6.07, 6.45) is 0.714. The smallest absolute Gasteiger partial charge is 0.221 e. The number of hydrogen-bond acceptors (Lipinski definition) is 4. The number of benzene rings is 1. The molecule has 0 heterocycles. The monoisotopic (exact) mass is 340 g/mol. The summed E-state index contributed by atoms with van der Waals surface area (Å²) in [5.41, 5.74) is 1.31. The van der Waals surface area contributed by atoms with Gasteiger partial charge in [0.05, 0.1) is 5.69 Å². The predicted octanol–water partition coefficient (Wildman–Crippen LogP) is 1.41. The van der Waals surface area contributed by atoms with Crippen LogP contribution in [-0.4, -0.2) is 43.7 Å². The molecule has 0 aliphatic rings. The van der Waals surface area contributed by atoms with Gasteiger partial charge in [0.2, 0.25) is 12.3 Å². The van der Waals surface area contributed by atoms with Gasteiger partial charge in [0.1, 0.15) is 5.84 Å². The number of carbonyl (C=O) groups is 2. The largest absolute Gasteiger partial charge is 0.387 e. The molecule has 20 heavy (non-hydrogen) atoms. The SMILES string of the molecule is CNC(=O)CCN(C=O)C(=N)c1cccc(Br)c1NC. The second-order valence-electron chi connectivity index (χ2n) is 3.98. The van der Waals surface area contributed by atoms with Crippen LogP contribution in [0.25, 0.3) is 0 Å². The number of anilines is 1. The summed E-state index contributed by atoms with van der Waals surface area (Å²) in [7, 11) is 3.28. The van der Waals surface area contributed by atoms with Gasteiger partial charge in [0, 0.05) is 37.1 Å². The van der Waals surface area contributed by atoms with Crippen LogP contribution in [0.1, 0.15) is 12.0 Å². The van der Waals surface area contributed by atoms with Gasteiger partial charge in [-0.05, 0) is 28.1 Å². The Morgan fingerprint density at radius 3 is 2.70 bits per heavy atom. The lowest BCUT2D eigenvalue weighted by Crippen LogP contribution is -2.34. The molecule has 108 valence electrons. The fourth-order valence-corrected chi connectivity index (χ4v) is 2.26. The third kappa shape index (κ3) is 3.80. The van der Waals surface area contributed by atoms with Crippen molar-refractivity contribution >= 4 is 39.8 Å². The number of nitrogens with one attached hydrogen (secondary N) is 3. The van der Waals surface area contributed by atoms with Crippen LogP contribution < -0.4 is 10.6 Å². The first-order valence-corrected chi connectivity index (χ1v) is 6.82. The predicted molar refractivity (Wildman–Crippen MR) is 82.0 cm³/mol. The van der Waals surface area contributed by atoms with E-state index in [-0.39, 0.29) is 24.7 Å². The molecule has 0 unspecified atom stereocenters. The molecule has 6 nitrogen and oxygen atoms in total. The minimum absolute atomic E-state index is 0.0505. The molecule has 0 fully saturated rings. The maximum atomic E-state index is 11.2. The van der Waals surface area contributed by atoms with Crippen LogP contribution >= 0.6 is 15.9 Å². The molecule has 7 heteroatoms. The van der Waals surface area contributed by atoms with Crippen molar-refractivity contribution in [3.8, 4) is 0 Å². The van der Waals surface area contributed by atoms with Crippen molar-refractivity contribution in [2.45, 2.75) is 6.42 Å². The quantitative estimate of drug-likeness (QED) is 0.415. The van der Waals surface area contributed by atoms with Crippen molar-refractivity contribution in [3.05, 3.63) is 28.2 Å². The van der Waals surface area contributed by atoms with Gasteiger partial charge in [0.15, 0.2) is 0 Å². The molecular weight excluding hydrogens is 324 g/mol. The molecule has 0 bridgehead atoms. The van der Waals surface area contributed by atoms with Gasteiger partial charge in [-0.25, -0.2) is 0 Å². The zero-order valence-corrected chi connectivity index (χ0v) is 13.0. The van der Waals surface area contributed by atoms with E-state index in [1.807, 2.05) is 6.07 Å². The topological polar surface area (TPSA) is 85.3 Å². The molecule has 0 atom stereocenters. The molecule has 1 aromatic carbocycles. The highest BCUT2D eigenvalue weighted by Crippen LogP contribution is 2.26. The highest BCUT2D eigenvalue weighted by Gasteiger charge is 2.16. The number of hydrogen-bond donors (Lipinski definition) is 3. The van der Waals surface area contributed by atoms with Crippen LogP contribution in [0.2, 0.25) is 0 Å². The van der Waals surface area contributed by atoms with Gasteiger partial charge >= 0.3 is 0 Å². The van der Waals surface area contributed by atoms with E-state index >= 15 is 0 Å². The first-order valence-electron chi connectivity index (χ1n) is 6.02. The molecule has 0 spiro atoms. The molecule has 0 aliphatic carbocycles. The molecule has 1 aromatic rings. The molecule has 0 saturated carbocycles. The van der Waals surface area contributed by atoms with Crippen LogP contribution in [0.3, 0.4) is 0 Å². The summed E-state index contributed by atoms with van der Waals surface area (Å²) >= 11 is 3.39. The molecule has 1 rings (SSSR count). The van der Waals surface area contributed by atoms with Gasteiger partial charge < -0.3 is 10.6 Å². The van der Waals surface area contributed by atoms with E-state index in [9.17, 15) is 9.59 Å². The highest BCUT2D eigenvalue weighted by atomic mass is 79.9. The van der Waals surface area contributed by atoms with E-state index in [2.05, 4.69) is 26.6 Å². The zero-order valence-electron chi connectivity index (χ0n) is 11.4. The fraction of sp³-hybridized carbons (Fsp3) is 0.308. The van der Waals surface area contributed by atoms with Crippen LogP contribution in [-0.2, 0) is 9.59 Å². The highest BCUT2D eigenvalue weighted by molar-refractivity contribution is 9.10. The van der Waals surface area contributed by atoms with Gasteiger partial charge in [-0.3, -0.25) is 19.9 Å². The van der Waals surface area contributed by atoms with Crippen molar-refractivity contribution in [1.29, 1.82) is 5.41 Å². The standard InChI is InChI=1S/C13H17BrN4O2/c1-16-11(20)6-7-18(8-19)13(15)9-4-3-5-10(14)12(9)17-2/h3-5,8,15,17H,6-7H2,1-2H3,(H,16,20). The lowest BCUT2D eigenvalue weighted by atomic mass is 10.1. The van der Waals surface area contributed by atoms with Crippen LogP contribution in [0.5, 0.6) is 0 Å². The van der Waals surface area contributed by atoms with E-state index in [1.54, 1.807) is 19.2 Å². The zero-order chi connectivity index (χ0) is 15.1. The minimum atomic E-state index is -0.173. The lowest BCUT2D eigenvalue weighted by molar-refractivity contribution is -0.121. The average Bonchev–Trinajstić information content (AvgIpc) is 2.46. The molecule has 0 radical (unpaired) electrons. The Bertz CT molecular complexity index is 519. The molecule has 0 aromatic heterocycles. The van der Waals surface area contributed by atoms with Crippen molar-refractivity contribution in [2.24, 2.45) is 0 Å². The average molecular weight is 341 g/mol. The summed E-state index contributed by atoms with van der Waals surface area (Å²) in [5, 5.41) is 13.6. The van der Waals surface area contributed by atoms with Crippen molar-refractivity contribution in [2.75, 3.05) is 26.0 Å². The molecule has 2 amide bonds. The van der Waals surface area contributed by atoms with E-state index in [4.69, 9.17) is 5.41 Å². The maximum absolute atomic E-state index is 11.2. The fourth-order valence-electron chi connectivity index (χ4n) is 1.69. The van der Waals surface area contributed by atoms with E-state index in [0.717, 1.165) is 10.2 Å². The Balaban J connectivity index is 2.94. The number of carbonyl (C=O) groups excluding carboxylic acids is 2. The number of halogens is 1. The Morgan fingerprint density at radius 2 is 2.15 bits per heavy atom. The third-order valence-corrected chi connectivity index (χ3v) is 3.45. The Hall–Kier alpha value is -1.89. The number of nitrogens with zero attached hydrogens (tertiary/aromatic N) is 1. The van der Waals surface area contributed by atoms with Crippen LogP contribution in [0.15, 0.2) is 22.7 Å². The summed E-state index contributed by atoms with van der Waals surface area (Å²) in [5.74, 6) is -0.123. The first-order chi connectivity index (χ1) is 9.54. The first kappa shape index (κ1) is 16.2. The Morgan fingerprint density at radius 1 is 1.45 bits per heavy atom. The summed E-state index contributed by atoms with van der Waals surface area (Å²) in [6, 6.07) is 5.38. The van der Waals surface area contributed by atoms with Crippen LogP contribution in [0.4, 0.5) is 5.69 Å². The summed E-state index contributed by atoms with van der Waals surface area (Å²) in [4.78, 5) is 23.6. The molecule has 0 saturated heterocycles. The van der Waals surface area contributed by atoms with Crippen LogP contribution in [0, 0.1) is 5.41 Å². The van der Waals surface area contributed by atoms with Gasteiger partial charge in [-0.1, -0.05) is 6.07 Å². The van der Waals surface area contributed by atoms with Gasteiger partial charge in [-0.15, -0.1) is 0 Å². The van der Waals surface area contributed by atoms with Gasteiger partial charge in [-0.2, -0.15) is 0 Å². The maximum Gasteiger partial charge on any atom is 0.221 e. The number of amidine groups is 1. The normalized spacial score (nSPS) is 9.75. The second-order valence-corrected chi connectivity index (χ2v) is 4.84. The Labute approximate surface area is 126 Å². The van der Waals surface area contributed by atoms with E-state index in [0.29, 0.717) is 12.0 Å². The number of rotatable bonds is 6. The minimum Gasteiger partial charge on any atom is -0.387 e. The summed E-state index contributed by atoms with van der Waals surface area (Å²) in [6.45, 7) is 0.164. The van der Waals surface area contributed by atoms with Crippen molar-refractivity contribution in [3.63, 3.8) is 0 Å². The van der Waals surface area contributed by atoms with E-state index < -0.39 is 0 Å². The van der Waals surface area contributed by atoms with Crippen molar-refractivity contribution in [1.82, 2.24) is 10.2 Å². The molecule has 3 N–H and O–H groups in total. The number of para-hydroxylation sites is 1. The van der Waals surface area contributed by atoms with Crippen molar-refractivity contribution < 1.29 is 9.59 Å². The van der Waals surface area contributed by atoms with Gasteiger partial charge in [0.25, 0.3) is 0 Å². The summed E-state index contributed by atoms with van der Waals surface area (Å²) < 4.78 is 0.805.